The number of urea groups is 1. The fraction of sp³-hybridized carbons (Fsp3) is 0.400. The van der Waals surface area contributed by atoms with Crippen molar-refractivity contribution in [1.29, 1.82) is 5.26 Å². The van der Waals surface area contributed by atoms with Gasteiger partial charge < -0.3 is 14.6 Å². The molecule has 0 spiro atoms. The zero-order chi connectivity index (χ0) is 17.6. The standard InChI is InChI=1S/C20H23N3O2/c1-15-6-11-19(25-15)14-23(18-4-2-3-5-18)20(24)22-13-17-9-7-16(12-21)8-10-17/h6-11,18H,2-5,13-14H2,1H3,(H,22,24). The summed E-state index contributed by atoms with van der Waals surface area (Å²) in [5.41, 5.74) is 1.60. The highest BCUT2D eigenvalue weighted by atomic mass is 16.3. The van der Waals surface area contributed by atoms with E-state index in [-0.39, 0.29) is 12.1 Å². The second-order valence-corrected chi connectivity index (χ2v) is 6.55. The van der Waals surface area contributed by atoms with Gasteiger partial charge in [0.15, 0.2) is 0 Å². The summed E-state index contributed by atoms with van der Waals surface area (Å²) in [5.74, 6) is 1.68. The van der Waals surface area contributed by atoms with E-state index in [0.29, 0.717) is 18.7 Å². The van der Waals surface area contributed by atoms with E-state index in [9.17, 15) is 4.79 Å². The highest BCUT2D eigenvalue weighted by Gasteiger charge is 2.27. The summed E-state index contributed by atoms with van der Waals surface area (Å²) < 4.78 is 5.66. The molecule has 0 radical (unpaired) electrons. The van der Waals surface area contributed by atoms with Gasteiger partial charge in [-0.2, -0.15) is 5.26 Å². The zero-order valence-electron chi connectivity index (χ0n) is 14.5. The Balaban J connectivity index is 1.64. The minimum atomic E-state index is -0.0645. The highest BCUT2D eigenvalue weighted by Crippen LogP contribution is 2.25. The maximum Gasteiger partial charge on any atom is 0.318 e. The fourth-order valence-electron chi connectivity index (χ4n) is 3.30. The molecule has 2 amide bonds. The minimum Gasteiger partial charge on any atom is -0.464 e. The van der Waals surface area contributed by atoms with E-state index in [4.69, 9.17) is 9.68 Å². The Morgan fingerprint density at radius 2 is 1.96 bits per heavy atom. The van der Waals surface area contributed by atoms with Crippen LogP contribution in [0.3, 0.4) is 0 Å². The molecule has 1 aromatic heterocycles. The molecule has 0 saturated heterocycles. The molecular weight excluding hydrogens is 314 g/mol. The quantitative estimate of drug-likeness (QED) is 0.892. The summed E-state index contributed by atoms with van der Waals surface area (Å²) in [7, 11) is 0. The number of nitriles is 1. The van der Waals surface area contributed by atoms with Gasteiger partial charge in [-0.1, -0.05) is 25.0 Å². The predicted octanol–water partition coefficient (Wildman–Crippen LogP) is 4.11. The number of carbonyl (C=O) groups is 1. The predicted molar refractivity (Wildman–Crippen MR) is 94.6 cm³/mol. The first-order valence-corrected chi connectivity index (χ1v) is 8.74. The molecule has 0 atom stereocenters. The number of benzene rings is 1. The average Bonchev–Trinajstić information content (AvgIpc) is 3.29. The van der Waals surface area contributed by atoms with E-state index in [1.54, 1.807) is 12.1 Å². The summed E-state index contributed by atoms with van der Waals surface area (Å²) in [5, 5.41) is 11.9. The van der Waals surface area contributed by atoms with Crippen LogP contribution in [0.25, 0.3) is 0 Å². The SMILES string of the molecule is Cc1ccc(CN(C(=O)NCc2ccc(C#N)cc2)C2CCCC2)o1. The van der Waals surface area contributed by atoms with Crippen molar-refractivity contribution in [1.82, 2.24) is 10.2 Å². The largest absolute Gasteiger partial charge is 0.464 e. The smallest absolute Gasteiger partial charge is 0.318 e. The van der Waals surface area contributed by atoms with E-state index in [2.05, 4.69) is 11.4 Å². The molecule has 1 aliphatic carbocycles. The van der Waals surface area contributed by atoms with Gasteiger partial charge in [-0.15, -0.1) is 0 Å². The van der Waals surface area contributed by atoms with Crippen molar-refractivity contribution in [3.8, 4) is 6.07 Å². The Morgan fingerprint density at radius 3 is 2.56 bits per heavy atom. The van der Waals surface area contributed by atoms with Gasteiger partial charge in [0.25, 0.3) is 0 Å². The van der Waals surface area contributed by atoms with Crippen molar-refractivity contribution >= 4 is 6.03 Å². The van der Waals surface area contributed by atoms with Crippen molar-refractivity contribution in [3.05, 3.63) is 59.0 Å². The summed E-state index contributed by atoms with van der Waals surface area (Å²) in [6, 6.07) is 13.4. The molecular formula is C20H23N3O2. The lowest BCUT2D eigenvalue weighted by Crippen LogP contribution is -2.44. The third-order valence-corrected chi connectivity index (χ3v) is 4.68. The third-order valence-electron chi connectivity index (χ3n) is 4.68. The van der Waals surface area contributed by atoms with Crippen LogP contribution in [0.5, 0.6) is 0 Å². The molecule has 1 N–H and O–H groups in total. The maximum atomic E-state index is 12.8. The lowest BCUT2D eigenvalue weighted by Gasteiger charge is -2.28. The van der Waals surface area contributed by atoms with E-state index in [1.807, 2.05) is 36.1 Å². The highest BCUT2D eigenvalue weighted by molar-refractivity contribution is 5.74. The molecule has 1 heterocycles. The monoisotopic (exact) mass is 337 g/mol. The van der Waals surface area contributed by atoms with Gasteiger partial charge in [0.2, 0.25) is 0 Å². The second-order valence-electron chi connectivity index (χ2n) is 6.55. The molecule has 0 bridgehead atoms. The average molecular weight is 337 g/mol. The molecule has 5 nitrogen and oxygen atoms in total. The Kier molecular flexibility index (Phi) is 5.39. The van der Waals surface area contributed by atoms with Gasteiger partial charge >= 0.3 is 6.03 Å². The van der Waals surface area contributed by atoms with Crippen molar-refractivity contribution in [2.24, 2.45) is 0 Å². The van der Waals surface area contributed by atoms with Crippen molar-refractivity contribution in [2.75, 3.05) is 0 Å². The fourth-order valence-corrected chi connectivity index (χ4v) is 3.30. The molecule has 130 valence electrons. The zero-order valence-corrected chi connectivity index (χ0v) is 14.5. The first-order chi connectivity index (χ1) is 12.2. The number of nitrogens with one attached hydrogen (secondary N) is 1. The molecule has 0 unspecified atom stereocenters. The van der Waals surface area contributed by atoms with Gasteiger partial charge in [-0.05, 0) is 49.6 Å². The van der Waals surface area contributed by atoms with Crippen LogP contribution in [0.1, 0.15) is 48.3 Å². The molecule has 25 heavy (non-hydrogen) atoms. The Labute approximate surface area is 148 Å². The Bertz CT molecular complexity index is 752. The molecule has 1 saturated carbocycles. The topological polar surface area (TPSA) is 69.3 Å². The van der Waals surface area contributed by atoms with Crippen LogP contribution >= 0.6 is 0 Å². The lowest BCUT2D eigenvalue weighted by atomic mass is 10.1. The van der Waals surface area contributed by atoms with Crippen LogP contribution in [0.4, 0.5) is 4.79 Å². The van der Waals surface area contributed by atoms with Crippen molar-refractivity contribution < 1.29 is 9.21 Å². The van der Waals surface area contributed by atoms with Crippen molar-refractivity contribution in [2.45, 2.75) is 51.7 Å². The van der Waals surface area contributed by atoms with Gasteiger partial charge in [0.05, 0.1) is 18.2 Å². The third kappa shape index (κ3) is 4.42. The van der Waals surface area contributed by atoms with Crippen molar-refractivity contribution in [3.63, 3.8) is 0 Å². The number of rotatable bonds is 5. The molecule has 1 fully saturated rings. The number of hydrogen-bond acceptors (Lipinski definition) is 3. The first-order valence-electron chi connectivity index (χ1n) is 8.74. The maximum absolute atomic E-state index is 12.8. The van der Waals surface area contributed by atoms with Gasteiger partial charge in [-0.25, -0.2) is 4.79 Å². The van der Waals surface area contributed by atoms with Gasteiger partial charge in [0.1, 0.15) is 11.5 Å². The number of amides is 2. The molecule has 3 rings (SSSR count). The molecule has 2 aromatic rings. The summed E-state index contributed by atoms with van der Waals surface area (Å²) in [6.45, 7) is 2.86. The Hall–Kier alpha value is -2.74. The summed E-state index contributed by atoms with van der Waals surface area (Å²) in [4.78, 5) is 14.7. The second kappa shape index (κ2) is 7.89. The number of furan rings is 1. The minimum absolute atomic E-state index is 0.0645. The van der Waals surface area contributed by atoms with Crippen LogP contribution in [-0.2, 0) is 13.1 Å². The first kappa shape index (κ1) is 17.1. The van der Waals surface area contributed by atoms with E-state index in [1.165, 1.54) is 12.8 Å². The molecule has 1 aliphatic rings. The lowest BCUT2D eigenvalue weighted by molar-refractivity contribution is 0.164. The molecule has 0 aliphatic heterocycles. The number of carbonyl (C=O) groups excluding carboxylic acids is 1. The number of aryl methyl sites for hydroxylation is 1. The Morgan fingerprint density at radius 1 is 1.24 bits per heavy atom. The number of nitrogens with zero attached hydrogens (tertiary/aromatic N) is 2. The summed E-state index contributed by atoms with van der Waals surface area (Å²) >= 11 is 0. The van der Waals surface area contributed by atoms with Crippen LogP contribution in [0, 0.1) is 18.3 Å². The van der Waals surface area contributed by atoms with Crippen LogP contribution < -0.4 is 5.32 Å². The van der Waals surface area contributed by atoms with E-state index in [0.717, 1.165) is 29.9 Å². The van der Waals surface area contributed by atoms with Crippen LogP contribution in [0.2, 0.25) is 0 Å². The van der Waals surface area contributed by atoms with E-state index < -0.39 is 0 Å². The number of hydrogen-bond donors (Lipinski definition) is 1. The van der Waals surface area contributed by atoms with Crippen LogP contribution in [0.15, 0.2) is 40.8 Å². The van der Waals surface area contributed by atoms with Gasteiger partial charge in [0, 0.05) is 12.6 Å². The molecule has 5 heteroatoms. The summed E-state index contributed by atoms with van der Waals surface area (Å²) in [6.07, 6.45) is 4.43. The van der Waals surface area contributed by atoms with Gasteiger partial charge in [-0.3, -0.25) is 0 Å². The van der Waals surface area contributed by atoms with Crippen LogP contribution in [-0.4, -0.2) is 17.0 Å². The normalized spacial score (nSPS) is 14.2. The van der Waals surface area contributed by atoms with E-state index >= 15 is 0 Å². The molecule has 1 aromatic carbocycles.